The maximum Gasteiger partial charge on any atom is 0.463 e. The fraction of sp³-hybridized carbons (Fsp3) is 0.889. The smallest absolute Gasteiger partial charge is 0.335 e. The van der Waals surface area contributed by atoms with Crippen LogP contribution in [0.1, 0.15) is 27.2 Å². The number of alkyl halides is 5. The highest BCUT2D eigenvalue weighted by molar-refractivity contribution is 5.84. The molecule has 0 unspecified atom stereocenters. The quantitative estimate of drug-likeness (QED) is 0.699. The van der Waals surface area contributed by atoms with Gasteiger partial charge in [0.15, 0.2) is 0 Å². The number of rotatable bonds is 4. The first kappa shape index (κ1) is 15.1. The molecule has 0 rings (SSSR count). The number of carbonyl (C=O) groups excluding carboxylic acids is 1. The minimum absolute atomic E-state index is 0.123. The molecule has 0 aliphatic heterocycles. The minimum atomic E-state index is -5.84. The first-order valence-corrected chi connectivity index (χ1v) is 4.81. The second kappa shape index (κ2) is 4.97. The lowest BCUT2D eigenvalue weighted by Gasteiger charge is -2.30. The second-order valence-electron chi connectivity index (χ2n) is 3.66. The molecule has 0 aromatic carbocycles. The standard InChI is InChI=1S/C9H14F5NO/c1-4-5-15(6(2)3)7(16)8(10,11)9(12,13)14/h6H,4-5H2,1-3H3. The van der Waals surface area contributed by atoms with Crippen LogP contribution < -0.4 is 0 Å². The summed E-state index contributed by atoms with van der Waals surface area (Å²) in [5, 5.41) is 0. The summed E-state index contributed by atoms with van der Waals surface area (Å²) in [6.07, 6.45) is -5.52. The van der Waals surface area contributed by atoms with Gasteiger partial charge in [-0.2, -0.15) is 22.0 Å². The summed E-state index contributed by atoms with van der Waals surface area (Å²) in [4.78, 5) is 11.6. The van der Waals surface area contributed by atoms with Gasteiger partial charge in [0.2, 0.25) is 0 Å². The van der Waals surface area contributed by atoms with Crippen molar-refractivity contribution in [1.29, 1.82) is 0 Å². The number of carbonyl (C=O) groups is 1. The molecule has 0 aromatic heterocycles. The molecule has 0 saturated carbocycles. The van der Waals surface area contributed by atoms with Crippen molar-refractivity contribution in [2.75, 3.05) is 6.54 Å². The summed E-state index contributed by atoms with van der Waals surface area (Å²) in [6, 6.07) is -0.694. The van der Waals surface area contributed by atoms with E-state index >= 15 is 0 Å². The normalized spacial score (nSPS) is 13.1. The zero-order chi connectivity index (χ0) is 13.1. The molecule has 0 atom stereocenters. The molecule has 0 aliphatic carbocycles. The number of amides is 1. The van der Waals surface area contributed by atoms with E-state index in [9.17, 15) is 26.7 Å². The molecule has 16 heavy (non-hydrogen) atoms. The molecule has 0 N–H and O–H groups in total. The van der Waals surface area contributed by atoms with Gasteiger partial charge in [0.1, 0.15) is 0 Å². The zero-order valence-corrected chi connectivity index (χ0v) is 9.24. The summed E-state index contributed by atoms with van der Waals surface area (Å²) in [5.74, 6) is -7.50. The molecule has 0 fully saturated rings. The molecular weight excluding hydrogens is 233 g/mol. The molecule has 1 amide bonds. The van der Waals surface area contributed by atoms with Crippen LogP contribution in [0.25, 0.3) is 0 Å². The van der Waals surface area contributed by atoms with E-state index in [0.29, 0.717) is 11.3 Å². The van der Waals surface area contributed by atoms with Crippen LogP contribution >= 0.6 is 0 Å². The number of hydrogen-bond acceptors (Lipinski definition) is 1. The fourth-order valence-corrected chi connectivity index (χ4v) is 1.14. The average molecular weight is 247 g/mol. The molecule has 2 nitrogen and oxygen atoms in total. The third-order valence-corrected chi connectivity index (χ3v) is 1.97. The van der Waals surface area contributed by atoms with Gasteiger partial charge < -0.3 is 4.90 Å². The maximum absolute atomic E-state index is 12.7. The topological polar surface area (TPSA) is 20.3 Å². The third kappa shape index (κ3) is 3.05. The van der Waals surface area contributed by atoms with E-state index in [1.165, 1.54) is 13.8 Å². The van der Waals surface area contributed by atoms with Crippen LogP contribution in [0.3, 0.4) is 0 Å². The van der Waals surface area contributed by atoms with E-state index in [-0.39, 0.29) is 6.54 Å². The monoisotopic (exact) mass is 247 g/mol. The Morgan fingerprint density at radius 1 is 1.19 bits per heavy atom. The second-order valence-corrected chi connectivity index (χ2v) is 3.66. The lowest BCUT2D eigenvalue weighted by Crippen LogP contribution is -2.54. The Morgan fingerprint density at radius 3 is 1.88 bits per heavy atom. The number of hydrogen-bond donors (Lipinski definition) is 0. The van der Waals surface area contributed by atoms with Crippen molar-refractivity contribution < 1.29 is 26.7 Å². The Kier molecular flexibility index (Phi) is 4.69. The molecule has 7 heteroatoms. The summed E-state index contributed by atoms with van der Waals surface area (Å²) >= 11 is 0. The summed E-state index contributed by atoms with van der Waals surface area (Å²) in [6.45, 7) is 4.25. The Bertz CT molecular complexity index is 249. The molecule has 0 saturated heterocycles. The van der Waals surface area contributed by atoms with E-state index in [4.69, 9.17) is 0 Å². The van der Waals surface area contributed by atoms with Gasteiger partial charge in [-0.3, -0.25) is 4.79 Å². The van der Waals surface area contributed by atoms with E-state index < -0.39 is 24.0 Å². The van der Waals surface area contributed by atoms with Gasteiger partial charge in [-0.15, -0.1) is 0 Å². The maximum atomic E-state index is 12.7. The van der Waals surface area contributed by atoms with E-state index in [1.807, 2.05) is 0 Å². The van der Waals surface area contributed by atoms with Crippen molar-refractivity contribution >= 4 is 5.91 Å². The van der Waals surface area contributed by atoms with Gasteiger partial charge in [0, 0.05) is 12.6 Å². The Labute approximate surface area is 90.4 Å². The van der Waals surface area contributed by atoms with Crippen molar-refractivity contribution in [3.05, 3.63) is 0 Å². The Balaban J connectivity index is 5.01. The van der Waals surface area contributed by atoms with Gasteiger partial charge in [0.25, 0.3) is 0 Å². The lowest BCUT2D eigenvalue weighted by atomic mass is 10.2. The highest BCUT2D eigenvalue weighted by atomic mass is 19.4. The first-order chi connectivity index (χ1) is 7.05. The van der Waals surface area contributed by atoms with Crippen LogP contribution in [0.5, 0.6) is 0 Å². The van der Waals surface area contributed by atoms with E-state index in [1.54, 1.807) is 6.92 Å². The molecule has 0 aromatic rings. The molecule has 0 heterocycles. The molecule has 96 valence electrons. The fourth-order valence-electron chi connectivity index (χ4n) is 1.14. The summed E-state index contributed by atoms with van der Waals surface area (Å²) in [5.41, 5.74) is 0. The number of nitrogens with zero attached hydrogens (tertiary/aromatic N) is 1. The minimum Gasteiger partial charge on any atom is -0.335 e. The van der Waals surface area contributed by atoms with Gasteiger partial charge in [-0.1, -0.05) is 6.92 Å². The molecule has 0 spiro atoms. The highest BCUT2D eigenvalue weighted by Gasteiger charge is 2.64. The molecular formula is C9H14F5NO. The molecule has 0 aliphatic rings. The van der Waals surface area contributed by atoms with Gasteiger partial charge >= 0.3 is 18.0 Å². The van der Waals surface area contributed by atoms with E-state index in [2.05, 4.69) is 0 Å². The lowest BCUT2D eigenvalue weighted by molar-refractivity contribution is -0.275. The Hall–Kier alpha value is -0.880. The van der Waals surface area contributed by atoms with Crippen molar-refractivity contribution in [3.8, 4) is 0 Å². The SMILES string of the molecule is CCCN(C(=O)C(F)(F)C(F)(F)F)C(C)C. The van der Waals surface area contributed by atoms with Crippen molar-refractivity contribution in [2.24, 2.45) is 0 Å². The third-order valence-electron chi connectivity index (χ3n) is 1.97. The van der Waals surface area contributed by atoms with Crippen molar-refractivity contribution in [1.82, 2.24) is 4.90 Å². The van der Waals surface area contributed by atoms with E-state index in [0.717, 1.165) is 0 Å². The summed E-state index contributed by atoms with van der Waals surface area (Å²) < 4.78 is 61.3. The molecule has 0 bridgehead atoms. The van der Waals surface area contributed by atoms with Crippen LogP contribution in [-0.2, 0) is 4.79 Å². The average Bonchev–Trinajstić information content (AvgIpc) is 2.10. The van der Waals surface area contributed by atoms with Gasteiger partial charge in [-0.05, 0) is 20.3 Å². The van der Waals surface area contributed by atoms with Crippen LogP contribution in [0.2, 0.25) is 0 Å². The number of halogens is 5. The zero-order valence-electron chi connectivity index (χ0n) is 9.24. The Morgan fingerprint density at radius 2 is 1.62 bits per heavy atom. The van der Waals surface area contributed by atoms with Crippen LogP contribution in [0, 0.1) is 0 Å². The van der Waals surface area contributed by atoms with Crippen molar-refractivity contribution in [3.63, 3.8) is 0 Å². The summed E-state index contributed by atoms with van der Waals surface area (Å²) in [7, 11) is 0. The largest absolute Gasteiger partial charge is 0.463 e. The van der Waals surface area contributed by atoms with Gasteiger partial charge in [0.05, 0.1) is 0 Å². The van der Waals surface area contributed by atoms with Crippen LogP contribution in [0.4, 0.5) is 22.0 Å². The first-order valence-electron chi connectivity index (χ1n) is 4.81. The highest BCUT2D eigenvalue weighted by Crippen LogP contribution is 2.37. The molecule has 0 radical (unpaired) electrons. The predicted molar refractivity (Wildman–Crippen MR) is 48.1 cm³/mol. The van der Waals surface area contributed by atoms with Crippen LogP contribution in [0.15, 0.2) is 0 Å². The van der Waals surface area contributed by atoms with Crippen molar-refractivity contribution in [2.45, 2.75) is 45.3 Å². The van der Waals surface area contributed by atoms with Crippen LogP contribution in [-0.4, -0.2) is 35.5 Å². The van der Waals surface area contributed by atoms with Gasteiger partial charge in [-0.25, -0.2) is 0 Å². The predicted octanol–water partition coefficient (Wildman–Crippen LogP) is 2.83.